The van der Waals surface area contributed by atoms with Crippen molar-refractivity contribution in [2.45, 2.75) is 0 Å². The van der Waals surface area contributed by atoms with Crippen LogP contribution in [0.4, 0.5) is 4.70 Å². The molecule has 0 bridgehead atoms. The molecule has 0 aromatic heterocycles. The summed E-state index contributed by atoms with van der Waals surface area (Å²) in [6.45, 7) is 0. The molecule has 0 aromatic carbocycles. The second kappa shape index (κ2) is 34.9. The van der Waals surface area contributed by atoms with Crippen LogP contribution in [0.1, 0.15) is 0 Å². The van der Waals surface area contributed by atoms with Crippen LogP contribution in [0, 0.1) is 0 Å². The van der Waals surface area contributed by atoms with Crippen molar-refractivity contribution in [2.24, 2.45) is 0 Å². The van der Waals surface area contributed by atoms with Crippen molar-refractivity contribution < 1.29 is 21.8 Å². The van der Waals surface area contributed by atoms with Crippen LogP contribution in [0.5, 0.6) is 0 Å². The topological polar surface area (TPSA) is 0 Å². The molecule has 0 spiro atoms. The summed E-state index contributed by atoms with van der Waals surface area (Å²) in [6.07, 6.45) is 0. The molecule has 0 heterocycles. The molecule has 0 atom stereocenters. The van der Waals surface area contributed by atoms with E-state index in [1.54, 1.807) is 0 Å². The van der Waals surface area contributed by atoms with E-state index in [4.69, 9.17) is 0 Å². The monoisotopic (exact) mass is 148 g/mol. The summed E-state index contributed by atoms with van der Waals surface area (Å²) < 4.78 is 0. The Morgan fingerprint density at radius 2 is 0.750 bits per heavy atom. The van der Waals surface area contributed by atoms with Crippen molar-refractivity contribution in [3.63, 3.8) is 0 Å². The summed E-state index contributed by atoms with van der Waals surface area (Å²) in [5, 5.41) is 0. The van der Waals surface area contributed by atoms with Gasteiger partial charge in [-0.05, 0) is 0 Å². The second-order valence-electron chi connectivity index (χ2n) is 0. The molecule has 0 aliphatic heterocycles. The fraction of sp³-hybridized carbons (Fsp3) is 0. The van der Waals surface area contributed by atoms with Crippen LogP contribution in [0.25, 0.3) is 0 Å². The van der Waals surface area contributed by atoms with E-state index < -0.39 is 0 Å². The predicted octanol–water partition coefficient (Wildman–Crippen LogP) is 0.994. The van der Waals surface area contributed by atoms with Gasteiger partial charge in [-0.15, -0.1) is 24.8 Å². The molecule has 32 valence electrons. The molecular formula is H3Cl2FFe. The Kier molecular flexibility index (Phi) is 672. The van der Waals surface area contributed by atoms with Gasteiger partial charge in [0.2, 0.25) is 0 Å². The van der Waals surface area contributed by atoms with E-state index in [9.17, 15) is 0 Å². The summed E-state index contributed by atoms with van der Waals surface area (Å²) >= 11 is 0. The predicted molar refractivity (Wildman–Crippen MR) is 17.0 cm³/mol. The fourth-order valence-electron chi connectivity index (χ4n) is 0. The SMILES string of the molecule is Cl.Cl.F.[Fe]. The van der Waals surface area contributed by atoms with Gasteiger partial charge in [0.1, 0.15) is 0 Å². The van der Waals surface area contributed by atoms with Crippen molar-refractivity contribution in [1.29, 1.82) is 0 Å². The third kappa shape index (κ3) is 11.8. The van der Waals surface area contributed by atoms with Crippen LogP contribution in [0.3, 0.4) is 0 Å². The molecule has 4 heavy (non-hydrogen) atoms. The summed E-state index contributed by atoms with van der Waals surface area (Å²) in [4.78, 5) is 0. The molecular weight excluding hydrogens is 146 g/mol. The van der Waals surface area contributed by atoms with E-state index in [0.29, 0.717) is 0 Å². The normalized spacial score (nSPS) is 0. The van der Waals surface area contributed by atoms with Crippen molar-refractivity contribution in [2.75, 3.05) is 0 Å². The van der Waals surface area contributed by atoms with E-state index in [-0.39, 0.29) is 46.6 Å². The molecule has 0 fully saturated rings. The first-order chi connectivity index (χ1) is 0. The number of hydrogen-bond donors (Lipinski definition) is 0. The maximum atomic E-state index is 0. The van der Waals surface area contributed by atoms with Crippen LogP contribution >= 0.6 is 24.8 Å². The summed E-state index contributed by atoms with van der Waals surface area (Å²) in [7, 11) is 0. The molecule has 4 heteroatoms. The van der Waals surface area contributed by atoms with Crippen LogP contribution < -0.4 is 0 Å². The summed E-state index contributed by atoms with van der Waals surface area (Å²) in [5.74, 6) is 0. The average molecular weight is 149 g/mol. The zero-order chi connectivity index (χ0) is 0. The minimum Gasteiger partial charge on any atom is -0.269 e. The molecule has 0 N–H and O–H groups in total. The Bertz CT molecular complexity index is 6.00. The second-order valence-corrected chi connectivity index (χ2v) is 0. The Balaban J connectivity index is 0. The standard InChI is InChI=1S/2ClH.FH.Fe/h3*1H;. The first-order valence-electron chi connectivity index (χ1n) is 0. The number of halogens is 3. The van der Waals surface area contributed by atoms with Gasteiger partial charge in [-0.25, -0.2) is 0 Å². The van der Waals surface area contributed by atoms with E-state index in [1.807, 2.05) is 0 Å². The van der Waals surface area contributed by atoms with E-state index in [1.165, 1.54) is 0 Å². The van der Waals surface area contributed by atoms with Crippen molar-refractivity contribution >= 4 is 24.8 Å². The maximum absolute atomic E-state index is 0. The minimum absolute atomic E-state index is 0. The van der Waals surface area contributed by atoms with Gasteiger partial charge in [-0.2, -0.15) is 0 Å². The van der Waals surface area contributed by atoms with E-state index in [0.717, 1.165) is 0 Å². The molecule has 0 nitrogen and oxygen atoms in total. The fourth-order valence-corrected chi connectivity index (χ4v) is 0. The number of hydrogen-bond acceptors (Lipinski definition) is 0. The molecule has 0 radical (unpaired) electrons. The minimum atomic E-state index is 0. The molecule has 0 aliphatic rings. The van der Waals surface area contributed by atoms with Gasteiger partial charge in [-0.1, -0.05) is 0 Å². The largest absolute Gasteiger partial charge is 0.269 e. The third-order valence-corrected chi connectivity index (χ3v) is 0. The Hall–Kier alpha value is 1.03. The van der Waals surface area contributed by atoms with Crippen molar-refractivity contribution in [3.8, 4) is 0 Å². The zero-order valence-corrected chi connectivity index (χ0v) is 4.32. The quantitative estimate of drug-likeness (QED) is 0.450. The Morgan fingerprint density at radius 1 is 0.750 bits per heavy atom. The van der Waals surface area contributed by atoms with Gasteiger partial charge in [0.05, 0.1) is 0 Å². The first kappa shape index (κ1) is 77.1. The molecule has 0 saturated carbocycles. The Labute approximate surface area is 47.0 Å². The molecule has 0 unspecified atom stereocenters. The van der Waals surface area contributed by atoms with Crippen molar-refractivity contribution in [3.05, 3.63) is 0 Å². The Morgan fingerprint density at radius 3 is 0.750 bits per heavy atom. The molecule has 0 saturated heterocycles. The summed E-state index contributed by atoms with van der Waals surface area (Å²) in [5.41, 5.74) is 0. The van der Waals surface area contributed by atoms with Gasteiger partial charge >= 0.3 is 0 Å². The van der Waals surface area contributed by atoms with Crippen LogP contribution in [0.2, 0.25) is 0 Å². The van der Waals surface area contributed by atoms with Crippen LogP contribution in [-0.2, 0) is 17.1 Å². The summed E-state index contributed by atoms with van der Waals surface area (Å²) in [6, 6.07) is 0. The smallest absolute Gasteiger partial charge is 0 e. The average Bonchev–Trinajstić information content (AvgIpc) is 0. The molecule has 0 aromatic rings. The van der Waals surface area contributed by atoms with Gasteiger partial charge in [0, 0.05) is 17.1 Å². The van der Waals surface area contributed by atoms with E-state index in [2.05, 4.69) is 0 Å². The van der Waals surface area contributed by atoms with Gasteiger partial charge in [0.15, 0.2) is 0 Å². The molecule has 0 amide bonds. The van der Waals surface area contributed by atoms with Gasteiger partial charge < -0.3 is 0 Å². The number of rotatable bonds is 0. The van der Waals surface area contributed by atoms with Gasteiger partial charge in [-0.3, -0.25) is 4.70 Å². The first-order valence-corrected chi connectivity index (χ1v) is 0. The zero-order valence-electron chi connectivity index (χ0n) is 1.58. The van der Waals surface area contributed by atoms with Gasteiger partial charge in [0.25, 0.3) is 0 Å². The van der Waals surface area contributed by atoms with Crippen LogP contribution in [0.15, 0.2) is 0 Å². The molecule has 0 rings (SSSR count). The maximum Gasteiger partial charge on any atom is 0 e. The van der Waals surface area contributed by atoms with E-state index >= 15 is 0 Å². The van der Waals surface area contributed by atoms with Crippen molar-refractivity contribution in [1.82, 2.24) is 0 Å². The third-order valence-electron chi connectivity index (χ3n) is 0. The van der Waals surface area contributed by atoms with Crippen LogP contribution in [-0.4, -0.2) is 0 Å². The molecule has 0 aliphatic carbocycles.